The van der Waals surface area contributed by atoms with Crippen molar-refractivity contribution in [2.45, 2.75) is 129 Å². The molecule has 23 heteroatoms. The highest BCUT2D eigenvalue weighted by atomic mass is 32.1. The van der Waals surface area contributed by atoms with Crippen LogP contribution in [0.2, 0.25) is 0 Å². The third-order valence-corrected chi connectivity index (χ3v) is 12.1. The Morgan fingerprint density at radius 3 is 1.00 bits per heavy atom. The molecule has 474 valence electrons. The van der Waals surface area contributed by atoms with Crippen molar-refractivity contribution in [1.82, 2.24) is 0 Å². The lowest BCUT2D eigenvalue weighted by atomic mass is 10.2. The summed E-state index contributed by atoms with van der Waals surface area (Å²) in [6.45, 7) is 23.8. The summed E-state index contributed by atoms with van der Waals surface area (Å²) in [5.74, 6) is 1.41. The molecule has 7 unspecified atom stereocenters. The van der Waals surface area contributed by atoms with Crippen molar-refractivity contribution in [3.05, 3.63) is 10.3 Å². The Hall–Kier alpha value is -1.50. The molecule has 2 heterocycles. The summed E-state index contributed by atoms with van der Waals surface area (Å²) < 4.78 is 119. The molecule has 22 nitrogen and oxygen atoms in total. The maximum Gasteiger partial charge on any atom is 0.175 e. The van der Waals surface area contributed by atoms with Gasteiger partial charge in [0.1, 0.15) is 49.8 Å². The van der Waals surface area contributed by atoms with Gasteiger partial charge in [-0.2, -0.15) is 0 Å². The van der Waals surface area contributed by atoms with Crippen molar-refractivity contribution in [3.63, 3.8) is 0 Å². The molecule has 1 aromatic rings. The number of hydrogen-bond donors (Lipinski definition) is 2. The molecule has 0 aliphatic carbocycles. The number of ether oxygens (including phenoxy) is 20. The normalized spacial score (nSPS) is 15.3. The van der Waals surface area contributed by atoms with Crippen LogP contribution in [0.5, 0.6) is 11.5 Å². The highest BCUT2D eigenvalue weighted by molar-refractivity contribution is 7.10. The van der Waals surface area contributed by atoms with Crippen molar-refractivity contribution in [3.8, 4) is 11.5 Å². The summed E-state index contributed by atoms with van der Waals surface area (Å²) in [5.41, 5.74) is 0. The molecule has 1 aromatic heterocycles. The van der Waals surface area contributed by atoms with Crippen LogP contribution in [0.1, 0.15) is 84.9 Å². The number of aliphatic hydroxyl groups is 2. The van der Waals surface area contributed by atoms with Crippen molar-refractivity contribution >= 4 is 11.3 Å². The zero-order valence-corrected chi connectivity index (χ0v) is 50.7. The Morgan fingerprint density at radius 2 is 0.625 bits per heavy atom. The van der Waals surface area contributed by atoms with Crippen LogP contribution in [0.15, 0.2) is 5.38 Å². The van der Waals surface area contributed by atoms with Crippen LogP contribution in [-0.2, 0) is 91.7 Å². The lowest BCUT2D eigenvalue weighted by molar-refractivity contribution is -0.142. The number of rotatable bonds is 63. The Labute approximate surface area is 483 Å². The average Bonchev–Trinajstić information content (AvgIpc) is 3.91. The molecule has 80 heavy (non-hydrogen) atoms. The zero-order chi connectivity index (χ0) is 57.6. The largest absolute Gasteiger partial charge is 0.485 e. The quantitative estimate of drug-likeness (QED) is 0.0781. The first-order chi connectivity index (χ1) is 39.4. The molecule has 0 saturated heterocycles. The molecule has 1 aliphatic heterocycles. The minimum Gasteiger partial charge on any atom is -0.485 e. The van der Waals surface area contributed by atoms with Gasteiger partial charge in [0.15, 0.2) is 11.5 Å². The summed E-state index contributed by atoms with van der Waals surface area (Å²) in [6, 6.07) is 0. The minimum atomic E-state index is -0.869. The molecule has 0 spiro atoms. The molecule has 0 radical (unpaired) electrons. The van der Waals surface area contributed by atoms with Crippen LogP contribution in [0.3, 0.4) is 0 Å². The molecule has 0 aromatic carbocycles. The lowest BCUT2D eigenvalue weighted by Crippen LogP contribution is -2.37. The Bertz CT molecular complexity index is 1440. The monoisotopic (exact) mass is 1180 g/mol. The molecule has 0 amide bonds. The Balaban J connectivity index is 2.26. The molecule has 1 aliphatic rings. The second kappa shape index (κ2) is 55.4. The van der Waals surface area contributed by atoms with E-state index in [2.05, 4.69) is 27.7 Å². The van der Waals surface area contributed by atoms with Crippen molar-refractivity contribution in [2.75, 3.05) is 218 Å². The van der Waals surface area contributed by atoms with Gasteiger partial charge in [0.25, 0.3) is 0 Å². The van der Waals surface area contributed by atoms with Gasteiger partial charge in [-0.05, 0) is 38.5 Å². The topological polar surface area (TPSA) is 225 Å². The van der Waals surface area contributed by atoms with Gasteiger partial charge in [0, 0.05) is 51.4 Å². The first kappa shape index (κ1) is 74.6. The highest BCUT2D eigenvalue weighted by Gasteiger charge is 2.26. The van der Waals surface area contributed by atoms with E-state index in [1.54, 1.807) is 11.3 Å². The smallest absolute Gasteiger partial charge is 0.175 e. The fourth-order valence-electron chi connectivity index (χ4n) is 7.14. The Kier molecular flexibility index (Phi) is 51.6. The third-order valence-electron chi connectivity index (χ3n) is 11.2. The molecule has 0 fully saturated rings. The van der Waals surface area contributed by atoms with E-state index >= 15 is 0 Å². The SMILES string of the molecule is CCCOCCOCC(O)COC(COCCOCCC)COC(COCCOCCC)COCC(Cc1scc2c1OCCO2)OCC(COCCOCCC)OCC(COCCOCCC)OCC(O)COCCOCCC. The van der Waals surface area contributed by atoms with E-state index in [4.69, 9.17) is 94.7 Å². The predicted octanol–water partition coefficient (Wildman–Crippen LogP) is 5.39. The molecular formula is C57H108O22S. The average molecular weight is 1180 g/mol. The summed E-state index contributed by atoms with van der Waals surface area (Å²) in [7, 11) is 0. The van der Waals surface area contributed by atoms with Gasteiger partial charge in [-0.15, -0.1) is 11.3 Å². The van der Waals surface area contributed by atoms with E-state index in [9.17, 15) is 10.2 Å². The number of thiophene rings is 1. The first-order valence-corrected chi connectivity index (χ1v) is 30.5. The van der Waals surface area contributed by atoms with E-state index in [1.165, 1.54) is 0 Å². The van der Waals surface area contributed by atoms with Gasteiger partial charge < -0.3 is 105 Å². The van der Waals surface area contributed by atoms with Gasteiger partial charge in [-0.1, -0.05) is 41.5 Å². The second-order valence-corrected chi connectivity index (χ2v) is 20.0. The van der Waals surface area contributed by atoms with Crippen LogP contribution in [-0.4, -0.2) is 271 Å². The van der Waals surface area contributed by atoms with E-state index in [0.717, 1.165) is 43.4 Å². The predicted molar refractivity (Wildman–Crippen MR) is 302 cm³/mol. The summed E-state index contributed by atoms with van der Waals surface area (Å²) in [5, 5.41) is 23.4. The maximum atomic E-state index is 10.7. The summed E-state index contributed by atoms with van der Waals surface area (Å²) >= 11 is 1.54. The number of fused-ring (bicyclic) bond motifs is 1. The van der Waals surface area contributed by atoms with E-state index in [1.807, 2.05) is 19.2 Å². The van der Waals surface area contributed by atoms with Gasteiger partial charge in [0.05, 0.1) is 176 Å². The maximum absolute atomic E-state index is 10.7. The molecule has 2 rings (SSSR count). The highest BCUT2D eigenvalue weighted by Crippen LogP contribution is 2.40. The minimum absolute atomic E-state index is 0.00899. The third kappa shape index (κ3) is 42.3. The van der Waals surface area contributed by atoms with Crippen molar-refractivity contribution < 1.29 is 105 Å². The summed E-state index contributed by atoms with van der Waals surface area (Å²) in [6.07, 6.45) is 1.59. The van der Waals surface area contributed by atoms with Gasteiger partial charge >= 0.3 is 0 Å². The van der Waals surface area contributed by atoms with Crippen LogP contribution < -0.4 is 9.47 Å². The fourth-order valence-corrected chi connectivity index (χ4v) is 8.11. The van der Waals surface area contributed by atoms with Crippen LogP contribution >= 0.6 is 11.3 Å². The fraction of sp³-hybridized carbons (Fsp3) is 0.930. The number of hydrogen-bond acceptors (Lipinski definition) is 23. The van der Waals surface area contributed by atoms with E-state index < -0.39 is 42.7 Å². The second-order valence-electron chi connectivity index (χ2n) is 19.0. The van der Waals surface area contributed by atoms with E-state index in [0.29, 0.717) is 150 Å². The number of aliphatic hydroxyl groups excluding tert-OH is 2. The molecule has 7 atom stereocenters. The van der Waals surface area contributed by atoms with Gasteiger partial charge in [0.2, 0.25) is 0 Å². The molecule has 2 N–H and O–H groups in total. The van der Waals surface area contributed by atoms with E-state index in [-0.39, 0.29) is 85.9 Å². The standard InChI is InChI=1S/C57H108O22S/c1-7-13-60-19-25-66-34-48(58)36-75-52(40-69-28-22-63-16-10-4)45-78-51(39-68-27-21-62-15-9-3)43-72-38-50(33-56-57-55(47-80-56)73-31-32-74-57)77-44-54(42-71-30-24-65-18-12-6)79-46-53(41-70-29-23-64-17-11-5)76-37-49(59)35-67-26-20-61-14-8-2/h47-54,58-59H,7-46H2,1-6H3. The zero-order valence-electron chi connectivity index (χ0n) is 49.9. The van der Waals surface area contributed by atoms with Crippen molar-refractivity contribution in [1.29, 1.82) is 0 Å². The molecular weight excluding hydrogens is 1070 g/mol. The summed E-state index contributed by atoms with van der Waals surface area (Å²) in [4.78, 5) is 0.959. The van der Waals surface area contributed by atoms with Crippen LogP contribution in [0.4, 0.5) is 0 Å². The van der Waals surface area contributed by atoms with Crippen molar-refractivity contribution in [2.24, 2.45) is 0 Å². The molecule has 0 bridgehead atoms. The Morgan fingerprint density at radius 1 is 0.338 bits per heavy atom. The molecule has 0 saturated carbocycles. The first-order valence-electron chi connectivity index (χ1n) is 29.7. The van der Waals surface area contributed by atoms with Gasteiger partial charge in [-0.25, -0.2) is 0 Å². The van der Waals surface area contributed by atoms with Crippen LogP contribution in [0, 0.1) is 0 Å². The van der Waals surface area contributed by atoms with Crippen LogP contribution in [0.25, 0.3) is 0 Å². The van der Waals surface area contributed by atoms with Gasteiger partial charge in [-0.3, -0.25) is 0 Å². The lowest BCUT2D eigenvalue weighted by Gasteiger charge is -2.27.